The van der Waals surface area contributed by atoms with Gasteiger partial charge in [-0.25, -0.2) is 19.9 Å². The molecule has 4 heterocycles. The second kappa shape index (κ2) is 8.38. The fourth-order valence-electron chi connectivity index (χ4n) is 5.10. The fraction of sp³-hybridized carbons (Fsp3) is 0.476. The number of hydrazine groups is 2. The molecular formula is C21H28FN9S. The van der Waals surface area contributed by atoms with E-state index in [2.05, 4.69) is 68.1 Å². The zero-order valence-corrected chi connectivity index (χ0v) is 19.0. The minimum Gasteiger partial charge on any atom is -0.365 e. The topological polar surface area (TPSA) is 92.7 Å². The first-order valence-electron chi connectivity index (χ1n) is 10.9. The monoisotopic (exact) mass is 457 g/mol. The SMILES string of the molecule is CC1(C)C[C@H](Nc2nc(Nc3cccc(N4NNN=C4S)c3)ncc2F)C[C@@H]2CCCN21. The summed E-state index contributed by atoms with van der Waals surface area (Å²) in [5, 5.41) is 12.7. The third-order valence-electron chi connectivity index (χ3n) is 6.42. The molecule has 32 heavy (non-hydrogen) atoms. The van der Waals surface area contributed by atoms with Crippen LogP contribution in [0.15, 0.2) is 35.6 Å². The van der Waals surface area contributed by atoms with Crippen molar-refractivity contribution in [3.63, 3.8) is 0 Å². The fourth-order valence-corrected chi connectivity index (χ4v) is 5.31. The number of hydrazone groups is 1. The van der Waals surface area contributed by atoms with Crippen LogP contribution in [0.1, 0.15) is 39.5 Å². The Morgan fingerprint density at radius 2 is 2.19 bits per heavy atom. The molecule has 2 aromatic rings. The summed E-state index contributed by atoms with van der Waals surface area (Å²) in [7, 11) is 0. The lowest BCUT2D eigenvalue weighted by atomic mass is 9.84. The van der Waals surface area contributed by atoms with Crippen molar-refractivity contribution in [2.45, 2.75) is 57.2 Å². The van der Waals surface area contributed by atoms with Crippen molar-refractivity contribution in [2.75, 3.05) is 22.2 Å². The van der Waals surface area contributed by atoms with E-state index in [0.717, 1.165) is 30.8 Å². The van der Waals surface area contributed by atoms with Gasteiger partial charge in [-0.2, -0.15) is 4.98 Å². The summed E-state index contributed by atoms with van der Waals surface area (Å²) >= 11 is 4.31. The number of fused-ring (bicyclic) bond motifs is 1. The molecule has 2 saturated heterocycles. The van der Waals surface area contributed by atoms with E-state index in [0.29, 0.717) is 17.2 Å². The molecule has 11 heteroatoms. The van der Waals surface area contributed by atoms with Crippen LogP contribution in [0.2, 0.25) is 0 Å². The van der Waals surface area contributed by atoms with Crippen LogP contribution in [0.4, 0.5) is 27.5 Å². The predicted octanol–water partition coefficient (Wildman–Crippen LogP) is 3.21. The number of amidine groups is 1. The van der Waals surface area contributed by atoms with Gasteiger partial charge in [0.1, 0.15) is 0 Å². The Morgan fingerprint density at radius 1 is 1.31 bits per heavy atom. The molecule has 1 aromatic carbocycles. The average molecular weight is 458 g/mol. The van der Waals surface area contributed by atoms with Gasteiger partial charge in [0.25, 0.3) is 0 Å². The highest BCUT2D eigenvalue weighted by atomic mass is 32.1. The normalized spacial score (nSPS) is 24.6. The molecule has 0 spiro atoms. The number of halogens is 1. The number of benzene rings is 1. The van der Waals surface area contributed by atoms with Crippen molar-refractivity contribution in [3.05, 3.63) is 36.3 Å². The molecule has 0 bridgehead atoms. The Labute approximate surface area is 192 Å². The molecule has 0 amide bonds. The first kappa shape index (κ1) is 21.2. The van der Waals surface area contributed by atoms with Gasteiger partial charge < -0.3 is 10.6 Å². The zero-order chi connectivity index (χ0) is 22.3. The number of nitrogens with one attached hydrogen (secondary N) is 4. The number of rotatable bonds is 5. The van der Waals surface area contributed by atoms with Gasteiger partial charge in [0.05, 0.1) is 11.9 Å². The van der Waals surface area contributed by atoms with E-state index in [4.69, 9.17) is 0 Å². The lowest BCUT2D eigenvalue weighted by Crippen LogP contribution is -2.55. The molecule has 1 aromatic heterocycles. The van der Waals surface area contributed by atoms with Crippen LogP contribution in [-0.2, 0) is 0 Å². The van der Waals surface area contributed by atoms with E-state index in [1.165, 1.54) is 19.0 Å². The van der Waals surface area contributed by atoms with Crippen LogP contribution in [0, 0.1) is 5.82 Å². The Bertz CT molecular complexity index is 1030. The van der Waals surface area contributed by atoms with Gasteiger partial charge in [-0.05, 0) is 64.3 Å². The summed E-state index contributed by atoms with van der Waals surface area (Å²) in [6.45, 7) is 5.71. The second-order valence-corrected chi connectivity index (χ2v) is 9.52. The zero-order valence-electron chi connectivity index (χ0n) is 18.1. The molecule has 0 aliphatic carbocycles. The number of piperidine rings is 1. The van der Waals surface area contributed by atoms with Crippen LogP contribution in [-0.4, -0.2) is 44.2 Å². The van der Waals surface area contributed by atoms with E-state index < -0.39 is 5.82 Å². The molecule has 0 unspecified atom stereocenters. The third-order valence-corrected chi connectivity index (χ3v) is 6.72. The summed E-state index contributed by atoms with van der Waals surface area (Å²) in [4.78, 5) is 11.2. The van der Waals surface area contributed by atoms with E-state index in [-0.39, 0.29) is 17.4 Å². The number of hydrogen-bond donors (Lipinski definition) is 5. The quantitative estimate of drug-likeness (QED) is 0.437. The predicted molar refractivity (Wildman–Crippen MR) is 127 cm³/mol. The average Bonchev–Trinajstić information content (AvgIpc) is 3.40. The Hall–Kier alpha value is -2.63. The van der Waals surface area contributed by atoms with Crippen molar-refractivity contribution in [1.82, 2.24) is 25.9 Å². The van der Waals surface area contributed by atoms with Crippen molar-refractivity contribution in [3.8, 4) is 0 Å². The lowest BCUT2D eigenvalue weighted by Gasteiger charge is -2.47. The molecule has 4 N–H and O–H groups in total. The van der Waals surface area contributed by atoms with Crippen molar-refractivity contribution >= 4 is 40.9 Å². The van der Waals surface area contributed by atoms with Crippen LogP contribution in [0.3, 0.4) is 0 Å². The van der Waals surface area contributed by atoms with Crippen LogP contribution < -0.4 is 26.7 Å². The first-order chi connectivity index (χ1) is 15.4. The highest BCUT2D eigenvalue weighted by molar-refractivity contribution is 7.97. The minimum atomic E-state index is -0.445. The van der Waals surface area contributed by atoms with Crippen LogP contribution >= 0.6 is 12.6 Å². The third kappa shape index (κ3) is 4.19. The van der Waals surface area contributed by atoms with Crippen LogP contribution in [0.5, 0.6) is 0 Å². The molecular weight excluding hydrogens is 429 g/mol. The molecule has 2 fully saturated rings. The van der Waals surface area contributed by atoms with Gasteiger partial charge >= 0.3 is 0 Å². The van der Waals surface area contributed by atoms with Gasteiger partial charge in [0.2, 0.25) is 11.1 Å². The maximum absolute atomic E-state index is 14.6. The maximum atomic E-state index is 14.6. The van der Waals surface area contributed by atoms with E-state index in [1.807, 2.05) is 24.3 Å². The molecule has 2 atom stereocenters. The number of nitrogens with zero attached hydrogens (tertiary/aromatic N) is 5. The highest BCUT2D eigenvalue weighted by Gasteiger charge is 2.43. The lowest BCUT2D eigenvalue weighted by molar-refractivity contribution is 0.0500. The first-order valence-corrected chi connectivity index (χ1v) is 11.3. The largest absolute Gasteiger partial charge is 0.365 e. The molecule has 0 radical (unpaired) electrons. The Kier molecular flexibility index (Phi) is 5.56. The van der Waals surface area contributed by atoms with Gasteiger partial charge in [0, 0.05) is 23.3 Å². The van der Waals surface area contributed by atoms with Gasteiger partial charge in [-0.1, -0.05) is 6.07 Å². The van der Waals surface area contributed by atoms with Crippen molar-refractivity contribution in [2.24, 2.45) is 5.10 Å². The Morgan fingerprint density at radius 3 is 3.00 bits per heavy atom. The maximum Gasteiger partial charge on any atom is 0.229 e. The molecule has 3 aliphatic rings. The number of thiol groups is 1. The van der Waals surface area contributed by atoms with Gasteiger partial charge in [-0.15, -0.1) is 23.3 Å². The summed E-state index contributed by atoms with van der Waals surface area (Å²) in [5.41, 5.74) is 7.20. The highest BCUT2D eigenvalue weighted by Crippen LogP contribution is 2.38. The van der Waals surface area contributed by atoms with Crippen molar-refractivity contribution in [1.29, 1.82) is 0 Å². The summed E-state index contributed by atoms with van der Waals surface area (Å²) in [6, 6.07) is 8.30. The van der Waals surface area contributed by atoms with Crippen LogP contribution in [0.25, 0.3) is 0 Å². The standard InChI is InChI=1S/C21H28FN9S/c1-21(2)11-14(10-15-7-4-8-30(15)21)24-18-17(22)12-23-19(26-18)25-13-5-3-6-16(9-13)31-20(32)27-28-29-31/h3,5-6,9,12,14-15,28-29H,4,7-8,10-11H2,1-2H3,(H,27,32)(H2,23,24,25,26)/t14-,15+/m1/s1. The summed E-state index contributed by atoms with van der Waals surface area (Å²) < 4.78 is 14.6. The molecule has 170 valence electrons. The summed E-state index contributed by atoms with van der Waals surface area (Å²) in [5.74, 6) is 0.121. The van der Waals surface area contributed by atoms with E-state index in [9.17, 15) is 4.39 Å². The second-order valence-electron chi connectivity index (χ2n) is 9.12. The van der Waals surface area contributed by atoms with E-state index in [1.54, 1.807) is 5.01 Å². The van der Waals surface area contributed by atoms with E-state index >= 15 is 0 Å². The molecule has 9 nitrogen and oxygen atoms in total. The Balaban J connectivity index is 1.31. The number of aromatic nitrogens is 2. The van der Waals surface area contributed by atoms with Gasteiger partial charge in [0.15, 0.2) is 11.6 Å². The summed E-state index contributed by atoms with van der Waals surface area (Å²) in [6.07, 6.45) is 5.60. The smallest absolute Gasteiger partial charge is 0.229 e. The molecule has 3 aliphatic heterocycles. The van der Waals surface area contributed by atoms with Crippen molar-refractivity contribution < 1.29 is 4.39 Å². The number of hydrogen-bond acceptors (Lipinski definition) is 9. The minimum absolute atomic E-state index is 0.0930. The number of anilines is 4. The van der Waals surface area contributed by atoms with Gasteiger partial charge in [-0.3, -0.25) is 4.90 Å². The molecule has 5 rings (SSSR count). The molecule has 0 saturated carbocycles.